The second kappa shape index (κ2) is 6.47. The van der Waals surface area contributed by atoms with Crippen molar-refractivity contribution in [3.05, 3.63) is 46.0 Å². The predicted molar refractivity (Wildman–Crippen MR) is 106 cm³/mol. The summed E-state index contributed by atoms with van der Waals surface area (Å²) in [5.41, 5.74) is 1.61. The van der Waals surface area contributed by atoms with Gasteiger partial charge in [0.1, 0.15) is 23.0 Å². The maximum absolute atomic E-state index is 13.6. The second-order valence-corrected chi connectivity index (χ2v) is 7.89. The van der Waals surface area contributed by atoms with Gasteiger partial charge in [-0.05, 0) is 25.0 Å². The lowest BCUT2D eigenvalue weighted by molar-refractivity contribution is -0.243. The standard InChI is InChI=1S/C23H22O7/c1-23-7-5-6-14(29-23)19-16(30-23)10-13-18(22(19)28-4)21(25)17-12(20(13)24)8-11(26-2)9-15(17)27-3/h8-10,14H,5-7H2,1-4H3. The minimum atomic E-state index is -0.749. The zero-order chi connectivity index (χ0) is 21.2. The summed E-state index contributed by atoms with van der Waals surface area (Å²) in [5.74, 6) is 0.201. The molecular formula is C23H22O7. The second-order valence-electron chi connectivity index (χ2n) is 7.89. The zero-order valence-electron chi connectivity index (χ0n) is 17.3. The average molecular weight is 410 g/mol. The number of ketones is 2. The van der Waals surface area contributed by atoms with Crippen LogP contribution in [0.5, 0.6) is 23.0 Å². The molecule has 1 saturated heterocycles. The molecule has 30 heavy (non-hydrogen) atoms. The van der Waals surface area contributed by atoms with E-state index >= 15 is 0 Å². The van der Waals surface area contributed by atoms with Crippen molar-refractivity contribution in [3.63, 3.8) is 0 Å². The van der Waals surface area contributed by atoms with Gasteiger partial charge in [0.25, 0.3) is 0 Å². The minimum Gasteiger partial charge on any atom is -0.497 e. The Hall–Kier alpha value is -3.06. The Morgan fingerprint density at radius 2 is 1.73 bits per heavy atom. The monoisotopic (exact) mass is 410 g/mol. The first-order valence-corrected chi connectivity index (χ1v) is 9.88. The van der Waals surface area contributed by atoms with Crippen LogP contribution in [-0.2, 0) is 4.74 Å². The average Bonchev–Trinajstić information content (AvgIpc) is 2.74. The van der Waals surface area contributed by atoms with E-state index in [1.165, 1.54) is 21.3 Å². The molecule has 2 aromatic rings. The van der Waals surface area contributed by atoms with Crippen LogP contribution in [0.4, 0.5) is 0 Å². The molecule has 5 rings (SSSR count). The summed E-state index contributed by atoms with van der Waals surface area (Å²) >= 11 is 0. The van der Waals surface area contributed by atoms with E-state index in [1.54, 1.807) is 18.2 Å². The molecule has 1 fully saturated rings. The van der Waals surface area contributed by atoms with Gasteiger partial charge < -0.3 is 23.7 Å². The number of carbonyl (C=O) groups is 2. The first-order chi connectivity index (χ1) is 14.4. The van der Waals surface area contributed by atoms with E-state index in [0.29, 0.717) is 22.8 Å². The van der Waals surface area contributed by atoms with Crippen LogP contribution in [0, 0.1) is 0 Å². The van der Waals surface area contributed by atoms with E-state index in [-0.39, 0.29) is 45.7 Å². The molecule has 2 aromatic carbocycles. The highest BCUT2D eigenvalue weighted by Crippen LogP contribution is 2.53. The van der Waals surface area contributed by atoms with Gasteiger partial charge in [0, 0.05) is 30.5 Å². The number of carbonyl (C=O) groups excluding carboxylic acids is 2. The van der Waals surface area contributed by atoms with E-state index in [2.05, 4.69) is 0 Å². The highest BCUT2D eigenvalue weighted by atomic mass is 16.7. The summed E-state index contributed by atoms with van der Waals surface area (Å²) in [4.78, 5) is 27.1. The lowest BCUT2D eigenvalue weighted by Crippen LogP contribution is -2.44. The smallest absolute Gasteiger partial charge is 0.208 e. The van der Waals surface area contributed by atoms with Crippen LogP contribution in [-0.4, -0.2) is 38.7 Å². The van der Waals surface area contributed by atoms with Crippen molar-refractivity contribution in [2.75, 3.05) is 21.3 Å². The van der Waals surface area contributed by atoms with Crippen LogP contribution < -0.4 is 18.9 Å². The molecule has 1 aliphatic carbocycles. The summed E-state index contributed by atoms with van der Waals surface area (Å²) in [7, 11) is 4.44. The fraction of sp³-hybridized carbons (Fsp3) is 0.391. The molecule has 0 radical (unpaired) electrons. The molecule has 0 spiro atoms. The van der Waals surface area contributed by atoms with Gasteiger partial charge in [0.2, 0.25) is 11.6 Å². The van der Waals surface area contributed by atoms with Crippen LogP contribution >= 0.6 is 0 Å². The van der Waals surface area contributed by atoms with Crippen molar-refractivity contribution in [2.24, 2.45) is 0 Å². The Morgan fingerprint density at radius 1 is 0.967 bits per heavy atom. The molecule has 0 amide bonds. The van der Waals surface area contributed by atoms with Crippen molar-refractivity contribution in [2.45, 2.75) is 38.1 Å². The lowest BCUT2D eigenvalue weighted by atomic mass is 9.80. The number of ether oxygens (including phenoxy) is 5. The highest BCUT2D eigenvalue weighted by molar-refractivity contribution is 6.30. The lowest BCUT2D eigenvalue weighted by Gasteiger charge is -2.44. The summed E-state index contributed by atoms with van der Waals surface area (Å²) in [6.07, 6.45) is 2.23. The maximum Gasteiger partial charge on any atom is 0.208 e. The molecule has 2 bridgehead atoms. The van der Waals surface area contributed by atoms with Crippen LogP contribution in [0.25, 0.3) is 0 Å². The Balaban J connectivity index is 1.78. The SMILES string of the molecule is COc1cc(OC)c2c(c1)C(=O)c1cc3c(c(OC)c1C2=O)C1CCCC(C)(O3)O1. The van der Waals surface area contributed by atoms with Crippen molar-refractivity contribution < 1.29 is 33.3 Å². The number of benzene rings is 2. The normalized spacial score (nSPS) is 23.7. The molecule has 7 heteroatoms. The fourth-order valence-corrected chi connectivity index (χ4v) is 4.75. The van der Waals surface area contributed by atoms with Gasteiger partial charge in [-0.2, -0.15) is 0 Å². The van der Waals surface area contributed by atoms with Gasteiger partial charge >= 0.3 is 0 Å². The summed E-state index contributed by atoms with van der Waals surface area (Å²) in [6.45, 7) is 1.89. The van der Waals surface area contributed by atoms with Gasteiger partial charge in [-0.3, -0.25) is 9.59 Å². The van der Waals surface area contributed by atoms with E-state index in [4.69, 9.17) is 23.7 Å². The number of hydrogen-bond acceptors (Lipinski definition) is 7. The summed E-state index contributed by atoms with van der Waals surface area (Å²) < 4.78 is 28.7. The van der Waals surface area contributed by atoms with Gasteiger partial charge in [-0.15, -0.1) is 0 Å². The third kappa shape index (κ3) is 2.48. The van der Waals surface area contributed by atoms with Crippen molar-refractivity contribution in [1.82, 2.24) is 0 Å². The predicted octanol–water partition coefficient (Wildman–Crippen LogP) is 3.84. The Labute approximate surface area is 173 Å². The number of rotatable bonds is 3. The highest BCUT2D eigenvalue weighted by Gasteiger charge is 2.46. The third-order valence-electron chi connectivity index (χ3n) is 6.10. The molecule has 2 aliphatic heterocycles. The fourth-order valence-electron chi connectivity index (χ4n) is 4.75. The van der Waals surface area contributed by atoms with Crippen molar-refractivity contribution in [3.8, 4) is 23.0 Å². The number of methoxy groups -OCH3 is 3. The quantitative estimate of drug-likeness (QED) is 0.649. The topological polar surface area (TPSA) is 80.3 Å². The van der Waals surface area contributed by atoms with Gasteiger partial charge in [0.05, 0.1) is 44.1 Å². The van der Waals surface area contributed by atoms with E-state index in [1.807, 2.05) is 6.92 Å². The maximum atomic E-state index is 13.6. The van der Waals surface area contributed by atoms with Crippen LogP contribution in [0.3, 0.4) is 0 Å². The summed E-state index contributed by atoms with van der Waals surface area (Å²) in [6, 6.07) is 4.81. The molecule has 7 nitrogen and oxygen atoms in total. The van der Waals surface area contributed by atoms with E-state index in [9.17, 15) is 9.59 Å². The number of hydrogen-bond donors (Lipinski definition) is 0. The first kappa shape index (κ1) is 18.9. The van der Waals surface area contributed by atoms with Gasteiger partial charge in [-0.25, -0.2) is 0 Å². The molecule has 0 saturated carbocycles. The largest absolute Gasteiger partial charge is 0.497 e. The zero-order valence-corrected chi connectivity index (χ0v) is 17.3. The third-order valence-corrected chi connectivity index (χ3v) is 6.10. The van der Waals surface area contributed by atoms with Crippen molar-refractivity contribution >= 4 is 11.6 Å². The van der Waals surface area contributed by atoms with Gasteiger partial charge in [-0.1, -0.05) is 0 Å². The Bertz CT molecular complexity index is 1100. The van der Waals surface area contributed by atoms with Crippen LogP contribution in [0.15, 0.2) is 18.2 Å². The first-order valence-electron chi connectivity index (χ1n) is 9.88. The molecule has 2 atom stereocenters. The minimum absolute atomic E-state index is 0.208. The molecule has 2 unspecified atom stereocenters. The van der Waals surface area contributed by atoms with Crippen LogP contribution in [0.1, 0.15) is 69.7 Å². The summed E-state index contributed by atoms with van der Waals surface area (Å²) in [5, 5.41) is 0. The van der Waals surface area contributed by atoms with Crippen molar-refractivity contribution in [1.29, 1.82) is 0 Å². The molecule has 3 aliphatic rings. The molecule has 156 valence electrons. The van der Waals surface area contributed by atoms with E-state index in [0.717, 1.165) is 19.3 Å². The molecule has 2 heterocycles. The van der Waals surface area contributed by atoms with Crippen LogP contribution in [0.2, 0.25) is 0 Å². The van der Waals surface area contributed by atoms with Gasteiger partial charge in [0.15, 0.2) is 5.78 Å². The van der Waals surface area contributed by atoms with E-state index < -0.39 is 5.79 Å². The molecular weight excluding hydrogens is 388 g/mol. The molecule has 0 aromatic heterocycles. The Morgan fingerprint density at radius 3 is 2.43 bits per heavy atom. The molecule has 0 N–H and O–H groups in total. The Kier molecular flexibility index (Phi) is 4.08. The number of fused-ring (bicyclic) bond motifs is 6.